The number of nitrogens with two attached hydrogens (primary N) is 1. The summed E-state index contributed by atoms with van der Waals surface area (Å²) in [6.07, 6.45) is 6.63. The Balaban J connectivity index is 3.00. The lowest BCUT2D eigenvalue weighted by molar-refractivity contribution is -0.142. The van der Waals surface area contributed by atoms with E-state index in [1.807, 2.05) is 0 Å². The SMILES string of the molecule is CNC1(C(=O)O)C=CC=CC1N. The first kappa shape index (κ1) is 8.96. The van der Waals surface area contributed by atoms with Gasteiger partial charge in [0.05, 0.1) is 6.04 Å². The molecule has 0 heterocycles. The smallest absolute Gasteiger partial charge is 0.329 e. The molecule has 4 N–H and O–H groups in total. The van der Waals surface area contributed by atoms with Crippen LogP contribution in [0.4, 0.5) is 0 Å². The molecule has 0 saturated carbocycles. The van der Waals surface area contributed by atoms with Gasteiger partial charge in [-0.3, -0.25) is 0 Å². The summed E-state index contributed by atoms with van der Waals surface area (Å²) in [6, 6.07) is -0.523. The Morgan fingerprint density at radius 3 is 2.67 bits per heavy atom. The first-order chi connectivity index (χ1) is 5.63. The molecule has 1 aliphatic carbocycles. The molecule has 12 heavy (non-hydrogen) atoms. The number of hydrogen-bond donors (Lipinski definition) is 3. The number of carbonyl (C=O) groups is 1. The van der Waals surface area contributed by atoms with E-state index in [1.54, 1.807) is 31.4 Å². The summed E-state index contributed by atoms with van der Waals surface area (Å²) < 4.78 is 0. The molecule has 0 saturated heterocycles. The second-order valence-electron chi connectivity index (χ2n) is 2.69. The fourth-order valence-electron chi connectivity index (χ4n) is 1.22. The van der Waals surface area contributed by atoms with E-state index in [0.717, 1.165) is 0 Å². The van der Waals surface area contributed by atoms with Gasteiger partial charge in [0.25, 0.3) is 0 Å². The average molecular weight is 168 g/mol. The minimum absolute atomic E-state index is 0.523. The molecule has 0 aromatic rings. The van der Waals surface area contributed by atoms with Gasteiger partial charge in [-0.1, -0.05) is 24.3 Å². The van der Waals surface area contributed by atoms with E-state index in [2.05, 4.69) is 5.32 Å². The molecule has 0 radical (unpaired) electrons. The van der Waals surface area contributed by atoms with Crippen LogP contribution in [0.5, 0.6) is 0 Å². The largest absolute Gasteiger partial charge is 0.480 e. The highest BCUT2D eigenvalue weighted by molar-refractivity contribution is 5.83. The fraction of sp³-hybridized carbons (Fsp3) is 0.375. The van der Waals surface area contributed by atoms with Crippen molar-refractivity contribution in [3.05, 3.63) is 24.3 Å². The van der Waals surface area contributed by atoms with Crippen molar-refractivity contribution in [2.45, 2.75) is 11.6 Å². The highest BCUT2D eigenvalue weighted by Gasteiger charge is 2.40. The lowest BCUT2D eigenvalue weighted by Gasteiger charge is -2.31. The summed E-state index contributed by atoms with van der Waals surface area (Å²) >= 11 is 0. The van der Waals surface area contributed by atoms with E-state index in [1.165, 1.54) is 0 Å². The number of aliphatic carboxylic acids is 1. The Bertz CT molecular complexity index is 247. The number of rotatable bonds is 2. The van der Waals surface area contributed by atoms with Crippen LogP contribution in [0, 0.1) is 0 Å². The van der Waals surface area contributed by atoms with Gasteiger partial charge in [-0.05, 0) is 7.05 Å². The minimum Gasteiger partial charge on any atom is -0.480 e. The van der Waals surface area contributed by atoms with Crippen LogP contribution in [0.2, 0.25) is 0 Å². The highest BCUT2D eigenvalue weighted by atomic mass is 16.4. The van der Waals surface area contributed by atoms with Crippen LogP contribution in [0.25, 0.3) is 0 Å². The van der Waals surface area contributed by atoms with Crippen molar-refractivity contribution in [3.63, 3.8) is 0 Å². The molecular weight excluding hydrogens is 156 g/mol. The summed E-state index contributed by atoms with van der Waals surface area (Å²) in [5.74, 6) is -0.960. The van der Waals surface area contributed by atoms with Crippen molar-refractivity contribution < 1.29 is 9.90 Å². The van der Waals surface area contributed by atoms with Gasteiger partial charge < -0.3 is 16.2 Å². The Hall–Kier alpha value is -1.13. The molecule has 1 aliphatic rings. The molecule has 0 fully saturated rings. The lowest BCUT2D eigenvalue weighted by Crippen LogP contribution is -2.60. The Morgan fingerprint density at radius 2 is 2.33 bits per heavy atom. The van der Waals surface area contributed by atoms with Crippen molar-refractivity contribution in [1.29, 1.82) is 0 Å². The van der Waals surface area contributed by atoms with Gasteiger partial charge in [0.15, 0.2) is 5.54 Å². The minimum atomic E-state index is -1.14. The van der Waals surface area contributed by atoms with Crippen LogP contribution in [-0.4, -0.2) is 29.7 Å². The number of likely N-dealkylation sites (N-methyl/N-ethyl adjacent to an activating group) is 1. The highest BCUT2D eigenvalue weighted by Crippen LogP contribution is 2.16. The second kappa shape index (κ2) is 3.08. The zero-order chi connectivity index (χ0) is 9.19. The fourth-order valence-corrected chi connectivity index (χ4v) is 1.22. The predicted octanol–water partition coefficient (Wildman–Crippen LogP) is -0.517. The zero-order valence-corrected chi connectivity index (χ0v) is 6.82. The average Bonchev–Trinajstić information content (AvgIpc) is 2.05. The van der Waals surface area contributed by atoms with Crippen molar-refractivity contribution >= 4 is 5.97 Å². The summed E-state index contributed by atoms with van der Waals surface area (Å²) in [7, 11) is 1.58. The maximum absolute atomic E-state index is 10.9. The summed E-state index contributed by atoms with van der Waals surface area (Å²) in [5.41, 5.74) is 4.50. The number of carboxylic acids is 1. The maximum Gasteiger partial charge on any atom is 0.329 e. The maximum atomic E-state index is 10.9. The molecule has 4 nitrogen and oxygen atoms in total. The Kier molecular flexibility index (Phi) is 2.30. The van der Waals surface area contributed by atoms with Crippen molar-refractivity contribution in [1.82, 2.24) is 5.32 Å². The van der Waals surface area contributed by atoms with Gasteiger partial charge in [-0.2, -0.15) is 0 Å². The van der Waals surface area contributed by atoms with Crippen molar-refractivity contribution in [3.8, 4) is 0 Å². The summed E-state index contributed by atoms with van der Waals surface area (Å²) in [5, 5.41) is 11.6. The Morgan fingerprint density at radius 1 is 1.67 bits per heavy atom. The van der Waals surface area contributed by atoms with Gasteiger partial charge in [0.2, 0.25) is 0 Å². The number of carboxylic acid groups (broad SMARTS) is 1. The molecule has 4 heteroatoms. The summed E-state index contributed by atoms with van der Waals surface area (Å²) in [4.78, 5) is 10.9. The molecule has 0 spiro atoms. The molecule has 0 aromatic heterocycles. The van der Waals surface area contributed by atoms with Gasteiger partial charge in [0, 0.05) is 0 Å². The molecular formula is C8H12N2O2. The van der Waals surface area contributed by atoms with E-state index in [0.29, 0.717) is 0 Å². The predicted molar refractivity (Wildman–Crippen MR) is 45.7 cm³/mol. The van der Waals surface area contributed by atoms with Crippen molar-refractivity contribution in [2.24, 2.45) is 5.73 Å². The van der Waals surface area contributed by atoms with Crippen LogP contribution in [0.1, 0.15) is 0 Å². The van der Waals surface area contributed by atoms with Crippen molar-refractivity contribution in [2.75, 3.05) is 7.05 Å². The third-order valence-electron chi connectivity index (χ3n) is 2.08. The topological polar surface area (TPSA) is 75.3 Å². The van der Waals surface area contributed by atoms with Gasteiger partial charge >= 0.3 is 5.97 Å². The molecule has 66 valence electrons. The number of hydrogen-bond acceptors (Lipinski definition) is 3. The molecule has 0 aromatic carbocycles. The van der Waals surface area contributed by atoms with Gasteiger partial charge in [-0.15, -0.1) is 0 Å². The number of nitrogens with one attached hydrogen (secondary N) is 1. The van der Waals surface area contributed by atoms with Crippen LogP contribution in [0.15, 0.2) is 24.3 Å². The van der Waals surface area contributed by atoms with Crippen LogP contribution in [0.3, 0.4) is 0 Å². The molecule has 0 amide bonds. The van der Waals surface area contributed by atoms with Crippen LogP contribution < -0.4 is 11.1 Å². The first-order valence-electron chi connectivity index (χ1n) is 3.67. The molecule has 0 aliphatic heterocycles. The van der Waals surface area contributed by atoms with E-state index < -0.39 is 17.6 Å². The molecule has 1 rings (SSSR count). The molecule has 0 bridgehead atoms. The molecule has 2 unspecified atom stereocenters. The second-order valence-corrected chi connectivity index (χ2v) is 2.69. The zero-order valence-electron chi connectivity index (χ0n) is 6.82. The van der Waals surface area contributed by atoms with Crippen LogP contribution >= 0.6 is 0 Å². The van der Waals surface area contributed by atoms with E-state index in [4.69, 9.17) is 10.8 Å². The van der Waals surface area contributed by atoms with Crippen LogP contribution in [-0.2, 0) is 4.79 Å². The van der Waals surface area contributed by atoms with E-state index in [-0.39, 0.29) is 0 Å². The number of allylic oxidation sites excluding steroid dienone is 2. The molecule has 2 atom stereocenters. The van der Waals surface area contributed by atoms with E-state index >= 15 is 0 Å². The normalized spacial score (nSPS) is 33.7. The third kappa shape index (κ3) is 1.15. The van der Waals surface area contributed by atoms with E-state index in [9.17, 15) is 4.79 Å². The standard InChI is InChI=1S/C8H12N2O2/c1-10-8(7(11)12)5-3-2-4-6(8)9/h2-6,10H,9H2,1H3,(H,11,12). The lowest BCUT2D eigenvalue weighted by atomic mass is 9.87. The first-order valence-corrected chi connectivity index (χ1v) is 3.67. The third-order valence-corrected chi connectivity index (χ3v) is 2.08. The van der Waals surface area contributed by atoms with Gasteiger partial charge in [0.1, 0.15) is 0 Å². The summed E-state index contributed by atoms with van der Waals surface area (Å²) in [6.45, 7) is 0. The Labute approximate surface area is 70.8 Å². The quantitative estimate of drug-likeness (QED) is 0.518. The monoisotopic (exact) mass is 168 g/mol. The van der Waals surface area contributed by atoms with Gasteiger partial charge in [-0.25, -0.2) is 4.79 Å².